The number of amides is 2. The van der Waals surface area contributed by atoms with Crippen molar-refractivity contribution in [2.24, 2.45) is 11.8 Å². The van der Waals surface area contributed by atoms with E-state index in [1.165, 1.54) is 4.90 Å². The maximum Gasteiger partial charge on any atom is 0.407 e. The monoisotopic (exact) mass is 462 g/mol. The SMILES string of the molecule is CC(C)[C@H](NC(=O)OCC1c2ccccc2-c2ccccc21)C(=O)N1CCC[C@H]2C[C@]21C(=O)O. The Morgan fingerprint density at radius 2 is 1.71 bits per heavy atom. The molecular weight excluding hydrogens is 432 g/mol. The Kier molecular flexibility index (Phi) is 5.58. The van der Waals surface area contributed by atoms with E-state index < -0.39 is 23.6 Å². The second kappa shape index (κ2) is 8.46. The number of ether oxygens (including phenoxy) is 1. The standard InChI is InChI=1S/C27H30N2O5/c1-16(2)23(24(30)29-13-7-8-17-14-27(17,29)25(31)32)28-26(33)34-15-22-20-11-5-3-9-18(20)19-10-4-6-12-21(19)22/h3-6,9-12,16-17,22-23H,7-8,13-15H2,1-2H3,(H,28,33)(H,31,32)/t17-,23-,27+/m0/s1. The number of rotatable bonds is 6. The molecule has 0 unspecified atom stereocenters. The summed E-state index contributed by atoms with van der Waals surface area (Å²) in [5, 5.41) is 12.6. The van der Waals surface area contributed by atoms with Gasteiger partial charge in [0.1, 0.15) is 18.2 Å². The van der Waals surface area contributed by atoms with Gasteiger partial charge in [-0.2, -0.15) is 0 Å². The molecule has 2 fully saturated rings. The van der Waals surface area contributed by atoms with Gasteiger partial charge in [-0.15, -0.1) is 0 Å². The first-order chi connectivity index (χ1) is 16.3. The van der Waals surface area contributed by atoms with Gasteiger partial charge in [-0.3, -0.25) is 4.79 Å². The number of carboxylic acid groups (broad SMARTS) is 1. The van der Waals surface area contributed by atoms with Crippen LogP contribution < -0.4 is 5.32 Å². The van der Waals surface area contributed by atoms with Crippen LogP contribution in [0.1, 0.15) is 50.2 Å². The minimum absolute atomic E-state index is 0.00460. The topological polar surface area (TPSA) is 95.9 Å². The quantitative estimate of drug-likeness (QED) is 0.676. The summed E-state index contributed by atoms with van der Waals surface area (Å²) in [4.78, 5) is 39.7. The highest BCUT2D eigenvalue weighted by Crippen LogP contribution is 2.54. The minimum atomic E-state index is -1.11. The number of nitrogens with zero attached hydrogens (tertiary/aromatic N) is 1. The van der Waals surface area contributed by atoms with Gasteiger partial charge >= 0.3 is 12.1 Å². The molecule has 178 valence electrons. The second-order valence-corrected chi connectivity index (χ2v) is 9.95. The first-order valence-electron chi connectivity index (χ1n) is 12.0. The van der Waals surface area contributed by atoms with E-state index >= 15 is 0 Å². The zero-order valence-corrected chi connectivity index (χ0v) is 19.5. The van der Waals surface area contributed by atoms with E-state index in [-0.39, 0.29) is 30.3 Å². The maximum absolute atomic E-state index is 13.4. The molecule has 2 amide bonds. The van der Waals surface area contributed by atoms with Crippen LogP contribution in [0.3, 0.4) is 0 Å². The van der Waals surface area contributed by atoms with Gasteiger partial charge in [0.15, 0.2) is 0 Å². The number of fused-ring (bicyclic) bond motifs is 4. The third-order valence-corrected chi connectivity index (χ3v) is 7.67. The van der Waals surface area contributed by atoms with E-state index in [9.17, 15) is 19.5 Å². The van der Waals surface area contributed by atoms with Crippen molar-refractivity contribution < 1.29 is 24.2 Å². The van der Waals surface area contributed by atoms with Crippen molar-refractivity contribution in [1.29, 1.82) is 0 Å². The summed E-state index contributed by atoms with van der Waals surface area (Å²) in [6, 6.07) is 15.4. The molecule has 2 aromatic rings. The molecule has 5 rings (SSSR count). The van der Waals surface area contributed by atoms with E-state index in [0.29, 0.717) is 13.0 Å². The lowest BCUT2D eigenvalue weighted by Gasteiger charge is -2.37. The Balaban J connectivity index is 1.28. The molecule has 0 bridgehead atoms. The highest BCUT2D eigenvalue weighted by molar-refractivity contribution is 5.94. The molecule has 0 radical (unpaired) electrons. The zero-order chi connectivity index (χ0) is 24.0. The summed E-state index contributed by atoms with van der Waals surface area (Å²) >= 11 is 0. The van der Waals surface area contributed by atoms with Gasteiger partial charge in [0.05, 0.1) is 0 Å². The van der Waals surface area contributed by atoms with Crippen molar-refractivity contribution in [2.45, 2.75) is 50.6 Å². The number of hydrogen-bond donors (Lipinski definition) is 2. The summed E-state index contributed by atoms with van der Waals surface area (Å²) in [5.41, 5.74) is 3.41. The average Bonchev–Trinajstić information content (AvgIpc) is 3.51. The van der Waals surface area contributed by atoms with Gasteiger partial charge in [0, 0.05) is 12.5 Å². The summed E-state index contributed by atoms with van der Waals surface area (Å²) in [5.74, 6) is -1.57. The van der Waals surface area contributed by atoms with Crippen molar-refractivity contribution >= 4 is 18.0 Å². The molecule has 7 heteroatoms. The van der Waals surface area contributed by atoms with E-state index in [2.05, 4.69) is 29.6 Å². The van der Waals surface area contributed by atoms with Crippen LogP contribution in [0.5, 0.6) is 0 Å². The van der Waals surface area contributed by atoms with Crippen LogP contribution in [0.4, 0.5) is 4.79 Å². The molecule has 34 heavy (non-hydrogen) atoms. The molecule has 3 aliphatic rings. The predicted molar refractivity (Wildman–Crippen MR) is 126 cm³/mol. The normalized spacial score (nSPS) is 23.5. The summed E-state index contributed by atoms with van der Waals surface area (Å²) in [7, 11) is 0. The van der Waals surface area contributed by atoms with Crippen molar-refractivity contribution in [3.8, 4) is 11.1 Å². The smallest absolute Gasteiger partial charge is 0.407 e. The van der Waals surface area contributed by atoms with Gasteiger partial charge in [-0.05, 0) is 53.4 Å². The van der Waals surface area contributed by atoms with Crippen LogP contribution in [-0.2, 0) is 14.3 Å². The largest absolute Gasteiger partial charge is 0.479 e. The molecule has 1 aliphatic heterocycles. The highest BCUT2D eigenvalue weighted by atomic mass is 16.5. The molecule has 1 heterocycles. The van der Waals surface area contributed by atoms with Crippen LogP contribution in [0.15, 0.2) is 48.5 Å². The van der Waals surface area contributed by atoms with Crippen molar-refractivity contribution in [3.05, 3.63) is 59.7 Å². The lowest BCUT2D eigenvalue weighted by molar-refractivity contribution is -0.156. The fourth-order valence-corrected chi connectivity index (χ4v) is 5.82. The van der Waals surface area contributed by atoms with Crippen LogP contribution >= 0.6 is 0 Å². The molecule has 3 atom stereocenters. The van der Waals surface area contributed by atoms with Crippen molar-refractivity contribution in [3.63, 3.8) is 0 Å². The van der Waals surface area contributed by atoms with Gasteiger partial charge < -0.3 is 20.1 Å². The first kappa shape index (κ1) is 22.4. The number of carbonyl (C=O) groups excluding carboxylic acids is 2. The fraction of sp³-hybridized carbons (Fsp3) is 0.444. The number of likely N-dealkylation sites (tertiary alicyclic amines) is 1. The van der Waals surface area contributed by atoms with Crippen molar-refractivity contribution in [2.75, 3.05) is 13.2 Å². The molecular formula is C27H30N2O5. The van der Waals surface area contributed by atoms with E-state index in [1.54, 1.807) is 0 Å². The molecule has 0 aromatic heterocycles. The second-order valence-electron chi connectivity index (χ2n) is 9.95. The Morgan fingerprint density at radius 1 is 1.09 bits per heavy atom. The van der Waals surface area contributed by atoms with Crippen molar-refractivity contribution in [1.82, 2.24) is 10.2 Å². The number of carbonyl (C=O) groups is 3. The summed E-state index contributed by atoms with van der Waals surface area (Å²) in [6.45, 7) is 4.24. The number of alkyl carbamates (subject to hydrolysis) is 1. The minimum Gasteiger partial charge on any atom is -0.479 e. The van der Waals surface area contributed by atoms with Gasteiger partial charge in [-0.25, -0.2) is 9.59 Å². The molecule has 2 aliphatic carbocycles. The number of carboxylic acids is 1. The van der Waals surface area contributed by atoms with E-state index in [1.807, 2.05) is 38.1 Å². The Labute approximate surface area is 199 Å². The van der Waals surface area contributed by atoms with Gasteiger partial charge in [0.25, 0.3) is 0 Å². The van der Waals surface area contributed by atoms with Gasteiger partial charge in [-0.1, -0.05) is 62.4 Å². The predicted octanol–water partition coefficient (Wildman–Crippen LogP) is 4.02. The molecule has 1 saturated carbocycles. The molecule has 1 saturated heterocycles. The summed E-state index contributed by atoms with van der Waals surface area (Å²) < 4.78 is 5.63. The van der Waals surface area contributed by atoms with Crippen LogP contribution in [0, 0.1) is 11.8 Å². The lowest BCUT2D eigenvalue weighted by Crippen LogP contribution is -2.59. The maximum atomic E-state index is 13.4. The van der Waals surface area contributed by atoms with Crippen LogP contribution in [-0.4, -0.2) is 52.7 Å². The third kappa shape index (κ3) is 3.54. The molecule has 2 N–H and O–H groups in total. The molecule has 2 aromatic carbocycles. The summed E-state index contributed by atoms with van der Waals surface area (Å²) in [6.07, 6.45) is 1.43. The number of nitrogens with one attached hydrogen (secondary N) is 1. The van der Waals surface area contributed by atoms with E-state index in [4.69, 9.17) is 4.74 Å². The van der Waals surface area contributed by atoms with E-state index in [0.717, 1.165) is 35.1 Å². The van der Waals surface area contributed by atoms with Gasteiger partial charge in [0.2, 0.25) is 5.91 Å². The third-order valence-electron chi connectivity index (χ3n) is 7.67. The Hall–Kier alpha value is -3.35. The number of hydrogen-bond acceptors (Lipinski definition) is 4. The Morgan fingerprint density at radius 3 is 2.29 bits per heavy atom. The lowest BCUT2D eigenvalue weighted by atomic mass is 9.97. The zero-order valence-electron chi connectivity index (χ0n) is 19.5. The molecule has 0 spiro atoms. The fourth-order valence-electron chi connectivity index (χ4n) is 5.82. The number of aliphatic carboxylic acids is 1. The van der Waals surface area contributed by atoms with Crippen LogP contribution in [0.25, 0.3) is 11.1 Å². The highest BCUT2D eigenvalue weighted by Gasteiger charge is 2.67. The first-order valence-corrected chi connectivity index (χ1v) is 12.0. The Bertz CT molecular complexity index is 1100. The average molecular weight is 463 g/mol. The number of piperidine rings is 1. The number of benzene rings is 2. The molecule has 7 nitrogen and oxygen atoms in total. The van der Waals surface area contributed by atoms with Crippen LogP contribution in [0.2, 0.25) is 0 Å².